The van der Waals surface area contributed by atoms with Crippen molar-refractivity contribution >= 4 is 33.4 Å². The second-order valence-electron chi connectivity index (χ2n) is 4.88. The monoisotopic (exact) mass is 293 g/mol. The van der Waals surface area contributed by atoms with Gasteiger partial charge in [0.1, 0.15) is 5.65 Å². The Morgan fingerprint density at radius 2 is 2.14 bits per heavy atom. The first kappa shape index (κ1) is 12.7. The molecule has 4 aromatic heterocycles. The molecule has 0 aliphatic heterocycles. The van der Waals surface area contributed by atoms with Crippen LogP contribution in [-0.4, -0.2) is 26.9 Å². The van der Waals surface area contributed by atoms with Crippen molar-refractivity contribution in [1.29, 1.82) is 0 Å². The van der Waals surface area contributed by atoms with Gasteiger partial charge in [0.05, 0.1) is 23.2 Å². The van der Waals surface area contributed by atoms with Crippen molar-refractivity contribution in [2.45, 2.75) is 6.92 Å². The number of esters is 1. The van der Waals surface area contributed by atoms with Crippen molar-refractivity contribution in [2.24, 2.45) is 0 Å². The lowest BCUT2D eigenvalue weighted by Gasteiger charge is -2.05. The Morgan fingerprint density at radius 1 is 1.27 bits per heavy atom. The molecule has 0 N–H and O–H groups in total. The molecule has 0 saturated carbocycles. The number of ether oxygens (including phenoxy) is 1. The summed E-state index contributed by atoms with van der Waals surface area (Å²) in [5.41, 5.74) is 1.91. The molecule has 0 fully saturated rings. The van der Waals surface area contributed by atoms with E-state index in [9.17, 15) is 9.59 Å². The van der Waals surface area contributed by atoms with Crippen LogP contribution in [0.4, 0.5) is 0 Å². The van der Waals surface area contributed by atoms with E-state index < -0.39 is 5.97 Å². The van der Waals surface area contributed by atoms with E-state index in [-0.39, 0.29) is 12.2 Å². The third-order valence-corrected chi connectivity index (χ3v) is 3.67. The number of carbonyl (C=O) groups excluding carboxylic acids is 1. The van der Waals surface area contributed by atoms with E-state index in [2.05, 4.69) is 9.97 Å². The van der Waals surface area contributed by atoms with E-state index in [1.54, 1.807) is 25.3 Å². The van der Waals surface area contributed by atoms with Crippen LogP contribution in [0.3, 0.4) is 0 Å². The molecule has 0 atom stereocenters. The predicted octanol–water partition coefficient (Wildman–Crippen LogP) is 2.01. The molecule has 0 aromatic carbocycles. The fourth-order valence-electron chi connectivity index (χ4n) is 2.82. The number of hydrogen-bond donors (Lipinski definition) is 0. The number of pyridine rings is 3. The van der Waals surface area contributed by atoms with Crippen LogP contribution < -0.4 is 5.56 Å². The summed E-state index contributed by atoms with van der Waals surface area (Å²) in [5.74, 6) is -0.452. The summed E-state index contributed by atoms with van der Waals surface area (Å²) < 4.78 is 6.60. The topological polar surface area (TPSA) is 73.6 Å². The standard InChI is InChI=1S/C16H11N3O3/c1-2-22-16(21)10-8-18-11-5-6-12(20)19-14(11)13(10)9-4-3-7-17-15(9)19/h3-8H,2H2,1H3. The lowest BCUT2D eigenvalue weighted by molar-refractivity contribution is 0.0528. The molecule has 0 spiro atoms. The number of nitrogens with zero attached hydrogens (tertiary/aromatic N) is 3. The molecule has 108 valence electrons. The largest absolute Gasteiger partial charge is 0.462 e. The van der Waals surface area contributed by atoms with Gasteiger partial charge in [-0.3, -0.25) is 14.2 Å². The molecule has 4 aromatic rings. The van der Waals surface area contributed by atoms with Crippen LogP contribution in [0, 0.1) is 0 Å². The highest BCUT2D eigenvalue weighted by Crippen LogP contribution is 2.31. The second kappa shape index (κ2) is 4.49. The molecule has 0 aliphatic carbocycles. The van der Waals surface area contributed by atoms with Gasteiger partial charge in [0.2, 0.25) is 0 Å². The fourth-order valence-corrected chi connectivity index (χ4v) is 2.82. The molecule has 0 amide bonds. The maximum Gasteiger partial charge on any atom is 0.340 e. The van der Waals surface area contributed by atoms with E-state index >= 15 is 0 Å². The lowest BCUT2D eigenvalue weighted by Crippen LogP contribution is -2.12. The summed E-state index contributed by atoms with van der Waals surface area (Å²) in [6, 6.07) is 6.72. The summed E-state index contributed by atoms with van der Waals surface area (Å²) in [4.78, 5) is 33.0. The number of hydrogen-bond acceptors (Lipinski definition) is 5. The van der Waals surface area contributed by atoms with Gasteiger partial charge in [0.25, 0.3) is 5.56 Å². The van der Waals surface area contributed by atoms with E-state index in [1.807, 2.05) is 6.07 Å². The quantitative estimate of drug-likeness (QED) is 0.529. The van der Waals surface area contributed by atoms with E-state index in [0.717, 1.165) is 5.39 Å². The summed E-state index contributed by atoms with van der Waals surface area (Å²) in [6.45, 7) is 2.02. The van der Waals surface area contributed by atoms with Crippen molar-refractivity contribution in [3.8, 4) is 0 Å². The van der Waals surface area contributed by atoms with Gasteiger partial charge in [-0.25, -0.2) is 9.78 Å². The van der Waals surface area contributed by atoms with E-state index in [0.29, 0.717) is 27.6 Å². The summed E-state index contributed by atoms with van der Waals surface area (Å²) in [7, 11) is 0. The summed E-state index contributed by atoms with van der Waals surface area (Å²) in [6.07, 6.45) is 3.11. The normalized spacial score (nSPS) is 11.5. The van der Waals surface area contributed by atoms with Crippen LogP contribution in [-0.2, 0) is 4.74 Å². The Kier molecular flexibility index (Phi) is 2.59. The van der Waals surface area contributed by atoms with Crippen LogP contribution >= 0.6 is 0 Å². The Labute approximate surface area is 124 Å². The zero-order valence-electron chi connectivity index (χ0n) is 11.7. The van der Waals surface area contributed by atoms with Gasteiger partial charge in [0, 0.05) is 29.2 Å². The Bertz CT molecular complexity index is 1080. The zero-order chi connectivity index (χ0) is 15.3. The van der Waals surface area contributed by atoms with E-state index in [4.69, 9.17) is 4.74 Å². The molecule has 22 heavy (non-hydrogen) atoms. The molecule has 6 nitrogen and oxygen atoms in total. The average Bonchev–Trinajstić information content (AvgIpc) is 2.88. The van der Waals surface area contributed by atoms with Crippen molar-refractivity contribution < 1.29 is 9.53 Å². The lowest BCUT2D eigenvalue weighted by atomic mass is 10.1. The van der Waals surface area contributed by atoms with E-state index in [1.165, 1.54) is 16.7 Å². The van der Waals surface area contributed by atoms with Crippen LogP contribution in [0.2, 0.25) is 0 Å². The Hall–Kier alpha value is -3.02. The highest BCUT2D eigenvalue weighted by molar-refractivity contribution is 6.19. The molecular formula is C16H11N3O3. The first-order valence-corrected chi connectivity index (χ1v) is 6.90. The molecule has 0 aliphatic rings. The van der Waals surface area contributed by atoms with Gasteiger partial charge >= 0.3 is 5.97 Å². The third kappa shape index (κ3) is 1.54. The van der Waals surface area contributed by atoms with Crippen LogP contribution in [0.5, 0.6) is 0 Å². The molecule has 4 heterocycles. The Balaban J connectivity index is 2.29. The summed E-state index contributed by atoms with van der Waals surface area (Å²) >= 11 is 0. The third-order valence-electron chi connectivity index (χ3n) is 3.67. The maximum atomic E-state index is 12.2. The van der Waals surface area contributed by atoms with Crippen molar-refractivity contribution in [3.05, 3.63) is 52.6 Å². The number of aromatic nitrogens is 3. The molecule has 0 bridgehead atoms. The van der Waals surface area contributed by atoms with Gasteiger partial charge < -0.3 is 4.74 Å². The smallest absolute Gasteiger partial charge is 0.340 e. The van der Waals surface area contributed by atoms with Gasteiger partial charge in [-0.05, 0) is 25.1 Å². The molecule has 0 saturated heterocycles. The number of carbonyl (C=O) groups is 1. The fraction of sp³-hybridized carbons (Fsp3) is 0.125. The predicted molar refractivity (Wildman–Crippen MR) is 81.4 cm³/mol. The van der Waals surface area contributed by atoms with Crippen molar-refractivity contribution in [3.63, 3.8) is 0 Å². The maximum absolute atomic E-state index is 12.2. The molecule has 0 unspecified atom stereocenters. The minimum atomic E-state index is -0.452. The number of fused-ring (bicyclic) bond motifs is 3. The minimum Gasteiger partial charge on any atom is -0.462 e. The molecule has 6 heteroatoms. The molecule has 0 radical (unpaired) electrons. The highest BCUT2D eigenvalue weighted by atomic mass is 16.5. The second-order valence-corrected chi connectivity index (χ2v) is 4.88. The first-order valence-electron chi connectivity index (χ1n) is 6.90. The Morgan fingerprint density at radius 3 is 2.95 bits per heavy atom. The van der Waals surface area contributed by atoms with Crippen LogP contribution in [0.25, 0.3) is 27.5 Å². The van der Waals surface area contributed by atoms with Gasteiger partial charge in [-0.15, -0.1) is 0 Å². The zero-order valence-corrected chi connectivity index (χ0v) is 11.7. The van der Waals surface area contributed by atoms with Crippen molar-refractivity contribution in [2.75, 3.05) is 6.61 Å². The number of rotatable bonds is 2. The SMILES string of the molecule is CCOC(=O)c1cnc2ccc(=O)n3c4ncccc4c1c23. The first-order chi connectivity index (χ1) is 10.7. The van der Waals surface area contributed by atoms with Gasteiger partial charge in [0.15, 0.2) is 0 Å². The molecule has 4 rings (SSSR count). The highest BCUT2D eigenvalue weighted by Gasteiger charge is 2.21. The van der Waals surface area contributed by atoms with Gasteiger partial charge in [-0.2, -0.15) is 0 Å². The van der Waals surface area contributed by atoms with Crippen molar-refractivity contribution in [1.82, 2.24) is 14.4 Å². The van der Waals surface area contributed by atoms with Crippen LogP contribution in [0.1, 0.15) is 17.3 Å². The summed E-state index contributed by atoms with van der Waals surface area (Å²) in [5, 5.41) is 1.39. The minimum absolute atomic E-state index is 0.200. The molecular weight excluding hydrogens is 282 g/mol. The average molecular weight is 293 g/mol. The van der Waals surface area contributed by atoms with Gasteiger partial charge in [-0.1, -0.05) is 0 Å². The van der Waals surface area contributed by atoms with Crippen LogP contribution in [0.15, 0.2) is 41.5 Å².